The Balaban J connectivity index is 1.76. The molecule has 178 valence electrons. The molecule has 1 aliphatic heterocycles. The predicted molar refractivity (Wildman–Crippen MR) is 131 cm³/mol. The van der Waals surface area contributed by atoms with Crippen LogP contribution in [0.3, 0.4) is 0 Å². The van der Waals surface area contributed by atoms with Gasteiger partial charge in [0.1, 0.15) is 12.4 Å². The van der Waals surface area contributed by atoms with E-state index in [2.05, 4.69) is 10.6 Å². The first-order valence-electron chi connectivity index (χ1n) is 11.8. The standard InChI is InChI=1S/C28H32N2O4/c1-17(2)34-28(32)25-19(4)29-18(3)24(27(31)30-21-14-15-21)26(25)22-12-8-9-13-23(22)33-16-20-10-6-5-7-11-20/h5-13,17,21,26,29H,14-16H2,1-4H3,(H,30,31). The molecule has 6 nitrogen and oxygen atoms in total. The molecule has 0 bridgehead atoms. The second-order valence-electron chi connectivity index (χ2n) is 9.15. The monoisotopic (exact) mass is 460 g/mol. The maximum Gasteiger partial charge on any atom is 0.337 e. The van der Waals surface area contributed by atoms with Crippen LogP contribution in [0.5, 0.6) is 5.75 Å². The number of para-hydroxylation sites is 1. The van der Waals surface area contributed by atoms with E-state index in [0.717, 1.165) is 29.7 Å². The largest absolute Gasteiger partial charge is 0.489 e. The van der Waals surface area contributed by atoms with Crippen LogP contribution in [-0.4, -0.2) is 24.0 Å². The molecule has 6 heteroatoms. The number of ether oxygens (including phenoxy) is 2. The van der Waals surface area contributed by atoms with E-state index in [4.69, 9.17) is 9.47 Å². The lowest BCUT2D eigenvalue weighted by molar-refractivity contribution is -0.143. The minimum absolute atomic E-state index is 0.169. The Hall–Kier alpha value is -3.54. The highest BCUT2D eigenvalue weighted by atomic mass is 16.5. The van der Waals surface area contributed by atoms with E-state index >= 15 is 0 Å². The van der Waals surface area contributed by atoms with Crippen molar-refractivity contribution in [1.82, 2.24) is 10.6 Å². The van der Waals surface area contributed by atoms with Crippen molar-refractivity contribution in [1.29, 1.82) is 0 Å². The topological polar surface area (TPSA) is 76.7 Å². The highest BCUT2D eigenvalue weighted by Crippen LogP contribution is 2.43. The molecule has 1 heterocycles. The molecule has 2 aromatic rings. The number of amides is 1. The molecule has 1 unspecified atom stereocenters. The van der Waals surface area contributed by atoms with E-state index in [0.29, 0.717) is 29.2 Å². The summed E-state index contributed by atoms with van der Waals surface area (Å²) in [7, 11) is 0. The van der Waals surface area contributed by atoms with Crippen molar-refractivity contribution < 1.29 is 19.1 Å². The van der Waals surface area contributed by atoms with Crippen molar-refractivity contribution in [2.45, 2.75) is 65.2 Å². The average Bonchev–Trinajstić information content (AvgIpc) is 3.61. The summed E-state index contributed by atoms with van der Waals surface area (Å²) in [4.78, 5) is 26.7. The summed E-state index contributed by atoms with van der Waals surface area (Å²) in [5.74, 6) is -0.589. The van der Waals surface area contributed by atoms with E-state index in [-0.39, 0.29) is 18.1 Å². The summed E-state index contributed by atoms with van der Waals surface area (Å²) < 4.78 is 11.8. The van der Waals surface area contributed by atoms with Crippen LogP contribution in [0, 0.1) is 0 Å². The molecule has 0 saturated heterocycles. The summed E-state index contributed by atoms with van der Waals surface area (Å²) in [6.07, 6.45) is 1.67. The van der Waals surface area contributed by atoms with Crippen molar-refractivity contribution >= 4 is 11.9 Å². The van der Waals surface area contributed by atoms with Crippen LogP contribution < -0.4 is 15.4 Å². The number of dihydropyridines is 1. The number of hydrogen-bond donors (Lipinski definition) is 2. The molecule has 1 aliphatic carbocycles. The van der Waals surface area contributed by atoms with Crippen molar-refractivity contribution in [3.05, 3.63) is 88.3 Å². The van der Waals surface area contributed by atoms with Crippen LogP contribution in [0.25, 0.3) is 0 Å². The number of nitrogens with one attached hydrogen (secondary N) is 2. The Morgan fingerprint density at radius 3 is 2.29 bits per heavy atom. The molecule has 0 radical (unpaired) electrons. The van der Waals surface area contributed by atoms with Gasteiger partial charge in [0, 0.05) is 28.6 Å². The van der Waals surface area contributed by atoms with Crippen LogP contribution in [0.4, 0.5) is 0 Å². The molecule has 0 spiro atoms. The second-order valence-corrected chi connectivity index (χ2v) is 9.15. The van der Waals surface area contributed by atoms with Gasteiger partial charge in [-0.1, -0.05) is 48.5 Å². The van der Waals surface area contributed by atoms with E-state index in [1.807, 2.05) is 82.3 Å². The van der Waals surface area contributed by atoms with Gasteiger partial charge in [-0.25, -0.2) is 4.79 Å². The Kier molecular flexibility index (Phi) is 7.06. The van der Waals surface area contributed by atoms with E-state index < -0.39 is 11.9 Å². The van der Waals surface area contributed by atoms with Gasteiger partial charge in [0.05, 0.1) is 17.6 Å². The fourth-order valence-corrected chi connectivity index (χ4v) is 4.23. The number of rotatable bonds is 8. The Morgan fingerprint density at radius 2 is 1.62 bits per heavy atom. The molecule has 1 amide bonds. The molecular formula is C28H32N2O4. The summed E-state index contributed by atoms with van der Waals surface area (Å²) in [5, 5.41) is 6.34. The number of allylic oxidation sites excluding steroid dienone is 2. The Labute approximate surface area is 201 Å². The molecule has 4 rings (SSSR count). The molecule has 0 aromatic heterocycles. The Bertz CT molecular complexity index is 1090. The normalized spacial score (nSPS) is 18.0. The summed E-state index contributed by atoms with van der Waals surface area (Å²) in [5.41, 5.74) is 4.14. The minimum Gasteiger partial charge on any atom is -0.489 e. The van der Waals surface area contributed by atoms with Crippen LogP contribution in [0.2, 0.25) is 0 Å². The molecule has 1 saturated carbocycles. The van der Waals surface area contributed by atoms with Gasteiger partial charge in [0.2, 0.25) is 5.91 Å². The summed E-state index contributed by atoms with van der Waals surface area (Å²) >= 11 is 0. The van der Waals surface area contributed by atoms with E-state index in [1.165, 1.54) is 0 Å². The van der Waals surface area contributed by atoms with Gasteiger partial charge in [-0.2, -0.15) is 0 Å². The maximum atomic E-state index is 13.4. The number of carbonyl (C=O) groups is 2. The van der Waals surface area contributed by atoms with E-state index in [1.54, 1.807) is 0 Å². The lowest BCUT2D eigenvalue weighted by atomic mass is 9.79. The Morgan fingerprint density at radius 1 is 0.971 bits per heavy atom. The molecule has 34 heavy (non-hydrogen) atoms. The van der Waals surface area contributed by atoms with Gasteiger partial charge < -0.3 is 20.1 Å². The maximum absolute atomic E-state index is 13.4. The first kappa shape index (κ1) is 23.6. The van der Waals surface area contributed by atoms with Gasteiger partial charge in [-0.15, -0.1) is 0 Å². The predicted octanol–water partition coefficient (Wildman–Crippen LogP) is 4.73. The molecule has 2 aliphatic rings. The SMILES string of the molecule is CC1=C(C(=O)NC2CC2)C(c2ccccc2OCc2ccccc2)C(C(=O)OC(C)C)=C(C)N1. The van der Waals surface area contributed by atoms with Gasteiger partial charge in [0.15, 0.2) is 0 Å². The molecule has 1 atom stereocenters. The number of esters is 1. The molecule has 2 aromatic carbocycles. The van der Waals surface area contributed by atoms with Gasteiger partial charge in [-0.3, -0.25) is 4.79 Å². The van der Waals surface area contributed by atoms with Crippen LogP contribution >= 0.6 is 0 Å². The lowest BCUT2D eigenvalue weighted by Crippen LogP contribution is -2.37. The lowest BCUT2D eigenvalue weighted by Gasteiger charge is -2.32. The van der Waals surface area contributed by atoms with Crippen molar-refractivity contribution in [2.24, 2.45) is 0 Å². The number of benzene rings is 2. The first-order chi connectivity index (χ1) is 16.3. The fourth-order valence-electron chi connectivity index (χ4n) is 4.23. The minimum atomic E-state index is -0.613. The summed E-state index contributed by atoms with van der Waals surface area (Å²) in [6.45, 7) is 7.73. The fraction of sp³-hybridized carbons (Fsp3) is 0.357. The molecule has 2 N–H and O–H groups in total. The third-order valence-electron chi connectivity index (χ3n) is 5.95. The van der Waals surface area contributed by atoms with Crippen LogP contribution in [0.1, 0.15) is 57.6 Å². The smallest absolute Gasteiger partial charge is 0.337 e. The quantitative estimate of drug-likeness (QED) is 0.557. The molecule has 1 fully saturated rings. The first-order valence-corrected chi connectivity index (χ1v) is 11.8. The number of carbonyl (C=O) groups excluding carboxylic acids is 2. The van der Waals surface area contributed by atoms with Gasteiger partial charge in [0.25, 0.3) is 0 Å². The second kappa shape index (κ2) is 10.2. The van der Waals surface area contributed by atoms with Crippen molar-refractivity contribution in [2.75, 3.05) is 0 Å². The van der Waals surface area contributed by atoms with Gasteiger partial charge >= 0.3 is 5.97 Å². The zero-order valence-electron chi connectivity index (χ0n) is 20.2. The summed E-state index contributed by atoms with van der Waals surface area (Å²) in [6, 6.07) is 17.7. The van der Waals surface area contributed by atoms with Crippen molar-refractivity contribution in [3.63, 3.8) is 0 Å². The zero-order valence-corrected chi connectivity index (χ0v) is 20.2. The highest BCUT2D eigenvalue weighted by molar-refractivity contribution is 6.02. The van der Waals surface area contributed by atoms with Gasteiger partial charge in [-0.05, 0) is 52.2 Å². The molecular weight excluding hydrogens is 428 g/mol. The number of hydrogen-bond acceptors (Lipinski definition) is 5. The third-order valence-corrected chi connectivity index (χ3v) is 5.95. The highest BCUT2D eigenvalue weighted by Gasteiger charge is 2.40. The van der Waals surface area contributed by atoms with Crippen LogP contribution in [-0.2, 0) is 20.9 Å². The zero-order chi connectivity index (χ0) is 24.2. The third kappa shape index (κ3) is 5.33. The van der Waals surface area contributed by atoms with Crippen LogP contribution in [0.15, 0.2) is 77.1 Å². The average molecular weight is 461 g/mol. The van der Waals surface area contributed by atoms with E-state index in [9.17, 15) is 9.59 Å². The van der Waals surface area contributed by atoms with Crippen molar-refractivity contribution in [3.8, 4) is 5.75 Å².